The third-order valence-corrected chi connectivity index (χ3v) is 8.53. The van der Waals surface area contributed by atoms with Crippen LogP contribution in [0.1, 0.15) is 13.8 Å². The summed E-state index contributed by atoms with van der Waals surface area (Å²) in [5.74, 6) is 0. The van der Waals surface area contributed by atoms with Crippen molar-refractivity contribution in [3.05, 3.63) is 0 Å². The first-order valence-electron chi connectivity index (χ1n) is 4.18. The lowest BCUT2D eigenvalue weighted by Crippen LogP contribution is -2.38. The third kappa shape index (κ3) is 2.58. The van der Waals surface area contributed by atoms with Crippen LogP contribution in [0.5, 0.6) is 0 Å². The number of hydrogen-bond acceptors (Lipinski definition) is 2. The number of aliphatic hydroxyl groups excluding tert-OH is 2. The standard InChI is InChI=1S/C8H20O2Si/c1-7(5-9)11(3,4)8(2)6-10/h7-10H,5-6H2,1-4H3/t7-,8+. The van der Waals surface area contributed by atoms with Crippen LogP contribution in [-0.2, 0) is 0 Å². The smallest absolute Gasteiger partial charge is 0.0578 e. The molecule has 0 unspecified atom stereocenters. The van der Waals surface area contributed by atoms with E-state index >= 15 is 0 Å². The molecule has 0 aliphatic heterocycles. The fraction of sp³-hybridized carbons (Fsp3) is 1.00. The first-order valence-corrected chi connectivity index (χ1v) is 7.34. The monoisotopic (exact) mass is 176 g/mol. The lowest BCUT2D eigenvalue weighted by Gasteiger charge is -2.33. The summed E-state index contributed by atoms with van der Waals surface area (Å²) < 4.78 is 0. The van der Waals surface area contributed by atoms with Gasteiger partial charge in [-0.3, -0.25) is 0 Å². The Hall–Kier alpha value is 0.137. The molecule has 11 heavy (non-hydrogen) atoms. The zero-order chi connectivity index (χ0) is 9.07. The van der Waals surface area contributed by atoms with E-state index in [9.17, 15) is 0 Å². The molecule has 0 spiro atoms. The van der Waals surface area contributed by atoms with Crippen LogP contribution in [0.15, 0.2) is 0 Å². The summed E-state index contributed by atoms with van der Waals surface area (Å²) in [4.78, 5) is 0. The van der Waals surface area contributed by atoms with E-state index in [1.54, 1.807) is 0 Å². The minimum absolute atomic E-state index is 0.254. The highest BCUT2D eigenvalue weighted by atomic mass is 28.3. The van der Waals surface area contributed by atoms with Crippen molar-refractivity contribution in [3.63, 3.8) is 0 Å². The van der Waals surface area contributed by atoms with Gasteiger partial charge in [-0.15, -0.1) is 0 Å². The van der Waals surface area contributed by atoms with Gasteiger partial charge < -0.3 is 10.2 Å². The second kappa shape index (κ2) is 4.23. The van der Waals surface area contributed by atoms with Gasteiger partial charge in [-0.2, -0.15) is 0 Å². The fourth-order valence-electron chi connectivity index (χ4n) is 0.956. The SMILES string of the molecule is C[C@H](CO)[Si](C)(C)[C@@H](C)CO. The Bertz CT molecular complexity index is 103. The summed E-state index contributed by atoms with van der Waals surface area (Å²) in [5.41, 5.74) is 0.759. The molecule has 0 amide bonds. The Morgan fingerprint density at radius 1 is 1.00 bits per heavy atom. The number of hydrogen-bond donors (Lipinski definition) is 2. The lowest BCUT2D eigenvalue weighted by atomic mass is 10.5. The van der Waals surface area contributed by atoms with Crippen LogP contribution in [0.3, 0.4) is 0 Å². The van der Waals surface area contributed by atoms with Gasteiger partial charge in [-0.05, 0) is 11.1 Å². The second-order valence-electron chi connectivity index (χ2n) is 3.99. The molecular weight excluding hydrogens is 156 g/mol. The molecule has 0 rings (SSSR count). The first kappa shape index (κ1) is 11.1. The fourth-order valence-corrected chi connectivity index (χ4v) is 2.87. The van der Waals surface area contributed by atoms with Gasteiger partial charge in [0, 0.05) is 13.2 Å². The van der Waals surface area contributed by atoms with E-state index in [2.05, 4.69) is 26.9 Å². The summed E-state index contributed by atoms with van der Waals surface area (Å²) in [6.07, 6.45) is 0. The molecule has 0 saturated heterocycles. The molecule has 0 aromatic rings. The Labute approximate surface area is 70.3 Å². The van der Waals surface area contributed by atoms with Crippen molar-refractivity contribution in [3.8, 4) is 0 Å². The normalized spacial score (nSPS) is 18.0. The number of rotatable bonds is 4. The van der Waals surface area contributed by atoms with Crippen molar-refractivity contribution in [1.82, 2.24) is 0 Å². The van der Waals surface area contributed by atoms with Gasteiger partial charge in [-0.25, -0.2) is 0 Å². The Balaban J connectivity index is 4.18. The van der Waals surface area contributed by atoms with Crippen molar-refractivity contribution in [2.75, 3.05) is 13.2 Å². The summed E-state index contributed by atoms with van der Waals surface area (Å²) >= 11 is 0. The lowest BCUT2D eigenvalue weighted by molar-refractivity contribution is 0.277. The van der Waals surface area contributed by atoms with E-state index < -0.39 is 8.07 Å². The minimum Gasteiger partial charge on any atom is -0.396 e. The molecule has 0 heterocycles. The Morgan fingerprint density at radius 2 is 1.27 bits per heavy atom. The van der Waals surface area contributed by atoms with E-state index in [4.69, 9.17) is 10.2 Å². The predicted octanol–water partition coefficient (Wildman–Crippen LogP) is 1.46. The Morgan fingerprint density at radius 3 is 1.45 bits per heavy atom. The molecule has 68 valence electrons. The van der Waals surface area contributed by atoms with Gasteiger partial charge in [0.25, 0.3) is 0 Å². The van der Waals surface area contributed by atoms with Crippen LogP contribution in [0.4, 0.5) is 0 Å². The highest BCUT2D eigenvalue weighted by Gasteiger charge is 2.33. The largest absolute Gasteiger partial charge is 0.396 e. The van der Waals surface area contributed by atoms with Gasteiger partial charge >= 0.3 is 0 Å². The van der Waals surface area contributed by atoms with Gasteiger partial charge in [0.05, 0.1) is 8.07 Å². The van der Waals surface area contributed by atoms with Crippen LogP contribution in [0, 0.1) is 0 Å². The molecule has 2 nitrogen and oxygen atoms in total. The van der Waals surface area contributed by atoms with E-state index in [-0.39, 0.29) is 13.2 Å². The van der Waals surface area contributed by atoms with Crippen LogP contribution in [0.2, 0.25) is 24.2 Å². The maximum Gasteiger partial charge on any atom is 0.0578 e. The molecule has 0 saturated carbocycles. The van der Waals surface area contributed by atoms with Crippen LogP contribution >= 0.6 is 0 Å². The van der Waals surface area contributed by atoms with Crippen molar-refractivity contribution in [1.29, 1.82) is 0 Å². The van der Waals surface area contributed by atoms with Crippen molar-refractivity contribution >= 4 is 8.07 Å². The van der Waals surface area contributed by atoms with Gasteiger partial charge in [0.1, 0.15) is 0 Å². The maximum absolute atomic E-state index is 8.97. The average Bonchev–Trinajstić information content (AvgIpc) is 2.01. The molecule has 0 radical (unpaired) electrons. The molecule has 0 fully saturated rings. The molecular formula is C8H20O2Si. The molecule has 3 heteroatoms. The van der Waals surface area contributed by atoms with Crippen LogP contribution < -0.4 is 0 Å². The van der Waals surface area contributed by atoms with E-state index in [1.165, 1.54) is 0 Å². The zero-order valence-electron chi connectivity index (χ0n) is 7.96. The van der Waals surface area contributed by atoms with Crippen molar-refractivity contribution in [2.45, 2.75) is 38.0 Å². The molecule has 0 aliphatic carbocycles. The molecule has 2 N–H and O–H groups in total. The summed E-state index contributed by atoms with van der Waals surface area (Å²) in [7, 11) is -1.41. The first-order chi connectivity index (χ1) is 4.96. The van der Waals surface area contributed by atoms with Crippen LogP contribution in [-0.4, -0.2) is 31.5 Å². The maximum atomic E-state index is 8.97. The zero-order valence-corrected chi connectivity index (χ0v) is 8.96. The predicted molar refractivity (Wildman–Crippen MR) is 50.5 cm³/mol. The Kier molecular flexibility index (Phi) is 4.29. The van der Waals surface area contributed by atoms with Gasteiger partial charge in [0.15, 0.2) is 0 Å². The van der Waals surface area contributed by atoms with Gasteiger partial charge in [0.2, 0.25) is 0 Å². The highest BCUT2D eigenvalue weighted by Crippen LogP contribution is 2.31. The molecule has 0 aromatic heterocycles. The highest BCUT2D eigenvalue weighted by molar-refractivity contribution is 6.80. The van der Waals surface area contributed by atoms with E-state index in [0.717, 1.165) is 0 Å². The minimum atomic E-state index is -1.41. The summed E-state index contributed by atoms with van der Waals surface area (Å²) in [6.45, 7) is 9.08. The molecule has 0 aromatic carbocycles. The summed E-state index contributed by atoms with van der Waals surface area (Å²) in [5, 5.41) is 17.9. The quantitative estimate of drug-likeness (QED) is 0.637. The van der Waals surface area contributed by atoms with E-state index in [1.807, 2.05) is 0 Å². The molecule has 2 atom stereocenters. The van der Waals surface area contributed by atoms with E-state index in [0.29, 0.717) is 11.1 Å². The third-order valence-electron chi connectivity index (χ3n) is 3.09. The van der Waals surface area contributed by atoms with Gasteiger partial charge in [-0.1, -0.05) is 26.9 Å². The topological polar surface area (TPSA) is 40.5 Å². The average molecular weight is 176 g/mol. The summed E-state index contributed by atoms with van der Waals surface area (Å²) in [6, 6.07) is 0. The van der Waals surface area contributed by atoms with Crippen LogP contribution in [0.25, 0.3) is 0 Å². The van der Waals surface area contributed by atoms with Crippen molar-refractivity contribution in [2.24, 2.45) is 0 Å². The number of aliphatic hydroxyl groups is 2. The van der Waals surface area contributed by atoms with Crippen molar-refractivity contribution < 1.29 is 10.2 Å². The molecule has 0 aliphatic rings. The molecule has 0 bridgehead atoms. The second-order valence-corrected chi connectivity index (χ2v) is 9.60.